The number of hydrogen-bond donors (Lipinski definition) is 1. The van der Waals surface area contributed by atoms with E-state index in [1.54, 1.807) is 4.68 Å². The van der Waals surface area contributed by atoms with Gasteiger partial charge in [0.05, 0.1) is 5.69 Å². The van der Waals surface area contributed by atoms with Crippen LogP contribution in [-0.4, -0.2) is 16.3 Å². The van der Waals surface area contributed by atoms with Crippen LogP contribution < -0.4 is 5.32 Å². The topological polar surface area (TPSA) is 29.9 Å². The number of likely N-dealkylation sites (N-methyl/N-ethyl adjacent to an activating group) is 1. The lowest BCUT2D eigenvalue weighted by molar-refractivity contribution is 0.548. The largest absolute Gasteiger partial charge is 0.310 e. The van der Waals surface area contributed by atoms with E-state index >= 15 is 0 Å². The summed E-state index contributed by atoms with van der Waals surface area (Å²) in [5.74, 6) is 0. The van der Waals surface area contributed by atoms with Crippen molar-refractivity contribution < 1.29 is 0 Å². The van der Waals surface area contributed by atoms with Crippen molar-refractivity contribution in [1.29, 1.82) is 0 Å². The molecule has 0 spiro atoms. The van der Waals surface area contributed by atoms with Gasteiger partial charge in [-0.3, -0.25) is 4.68 Å². The van der Waals surface area contributed by atoms with E-state index < -0.39 is 0 Å². The first kappa shape index (κ1) is 16.5. The Morgan fingerprint density at radius 2 is 2.10 bits per heavy atom. The summed E-state index contributed by atoms with van der Waals surface area (Å²) in [4.78, 5) is 0. The van der Waals surface area contributed by atoms with Gasteiger partial charge in [0, 0.05) is 23.1 Å². The van der Waals surface area contributed by atoms with Gasteiger partial charge in [0.1, 0.15) is 5.15 Å². The standard InChI is InChI=1S/C16H21BrClN3/c1-5-19-15(12-6-7-14(17)10(2)8-12)9-13-11(3)20-21(4)16(13)18/h6-8,15,19H,5,9H2,1-4H3. The van der Waals surface area contributed by atoms with Crippen molar-refractivity contribution in [3.8, 4) is 0 Å². The van der Waals surface area contributed by atoms with Crippen molar-refractivity contribution in [3.63, 3.8) is 0 Å². The lowest BCUT2D eigenvalue weighted by Gasteiger charge is -2.19. The summed E-state index contributed by atoms with van der Waals surface area (Å²) in [5.41, 5.74) is 4.63. The molecule has 0 aliphatic rings. The zero-order chi connectivity index (χ0) is 15.6. The lowest BCUT2D eigenvalue weighted by atomic mass is 9.98. The molecule has 21 heavy (non-hydrogen) atoms. The molecule has 0 bridgehead atoms. The number of rotatable bonds is 5. The van der Waals surface area contributed by atoms with Crippen LogP contribution >= 0.6 is 27.5 Å². The van der Waals surface area contributed by atoms with Crippen LogP contribution in [0.5, 0.6) is 0 Å². The molecule has 0 aliphatic heterocycles. The molecule has 1 atom stereocenters. The Labute approximate surface area is 139 Å². The second kappa shape index (κ2) is 6.95. The Kier molecular flexibility index (Phi) is 5.47. The molecule has 0 saturated carbocycles. The number of aromatic nitrogens is 2. The first-order valence-electron chi connectivity index (χ1n) is 7.11. The molecule has 0 saturated heterocycles. The van der Waals surface area contributed by atoms with Crippen molar-refractivity contribution >= 4 is 27.5 Å². The summed E-state index contributed by atoms with van der Waals surface area (Å²) in [5, 5.41) is 8.67. The normalized spacial score (nSPS) is 12.7. The Bertz CT molecular complexity index is 637. The van der Waals surface area contributed by atoms with E-state index in [4.69, 9.17) is 11.6 Å². The average Bonchev–Trinajstić information content (AvgIpc) is 2.68. The predicted molar refractivity (Wildman–Crippen MR) is 92.0 cm³/mol. The molecule has 1 heterocycles. The summed E-state index contributed by atoms with van der Waals surface area (Å²) < 4.78 is 2.87. The van der Waals surface area contributed by atoms with Gasteiger partial charge in [-0.05, 0) is 44.0 Å². The molecule has 2 rings (SSSR count). The highest BCUT2D eigenvalue weighted by Gasteiger charge is 2.18. The number of benzene rings is 1. The first-order valence-corrected chi connectivity index (χ1v) is 8.28. The number of nitrogens with zero attached hydrogens (tertiary/aromatic N) is 2. The van der Waals surface area contributed by atoms with Crippen LogP contribution in [0.25, 0.3) is 0 Å². The summed E-state index contributed by atoms with van der Waals surface area (Å²) in [6.07, 6.45) is 0.841. The van der Waals surface area contributed by atoms with Gasteiger partial charge in [-0.15, -0.1) is 0 Å². The quantitative estimate of drug-likeness (QED) is 0.848. The molecule has 114 valence electrons. The minimum absolute atomic E-state index is 0.238. The predicted octanol–water partition coefficient (Wildman–Crippen LogP) is 4.35. The molecule has 5 heteroatoms. The van der Waals surface area contributed by atoms with Crippen LogP contribution in [0, 0.1) is 13.8 Å². The second-order valence-electron chi connectivity index (χ2n) is 5.30. The van der Waals surface area contributed by atoms with Crippen molar-refractivity contribution in [2.45, 2.75) is 33.2 Å². The smallest absolute Gasteiger partial charge is 0.130 e. The van der Waals surface area contributed by atoms with Crippen LogP contribution in [0.15, 0.2) is 22.7 Å². The highest BCUT2D eigenvalue weighted by atomic mass is 79.9. The van der Waals surface area contributed by atoms with Crippen molar-refractivity contribution in [1.82, 2.24) is 15.1 Å². The molecule has 2 aromatic rings. The Morgan fingerprint density at radius 1 is 1.38 bits per heavy atom. The Morgan fingerprint density at radius 3 is 2.62 bits per heavy atom. The van der Waals surface area contributed by atoms with Gasteiger partial charge in [0.2, 0.25) is 0 Å². The molecule has 1 aromatic heterocycles. The summed E-state index contributed by atoms with van der Waals surface area (Å²) in [6.45, 7) is 7.16. The number of aryl methyl sites for hydroxylation is 3. The summed E-state index contributed by atoms with van der Waals surface area (Å²) in [7, 11) is 1.88. The van der Waals surface area contributed by atoms with E-state index in [-0.39, 0.29) is 6.04 Å². The molecule has 1 N–H and O–H groups in total. The van der Waals surface area contributed by atoms with Crippen molar-refractivity contribution in [3.05, 3.63) is 50.2 Å². The van der Waals surface area contributed by atoms with Gasteiger partial charge in [-0.25, -0.2) is 0 Å². The van der Waals surface area contributed by atoms with Crippen LogP contribution in [0.4, 0.5) is 0 Å². The Balaban J connectivity index is 2.32. The van der Waals surface area contributed by atoms with E-state index in [1.807, 2.05) is 14.0 Å². The van der Waals surface area contributed by atoms with E-state index in [1.165, 1.54) is 11.1 Å². The molecule has 0 fully saturated rings. The van der Waals surface area contributed by atoms with Gasteiger partial charge in [-0.2, -0.15) is 5.10 Å². The van der Waals surface area contributed by atoms with E-state index in [2.05, 4.69) is 58.4 Å². The van der Waals surface area contributed by atoms with Crippen LogP contribution in [0.2, 0.25) is 5.15 Å². The summed E-state index contributed by atoms with van der Waals surface area (Å²) >= 11 is 9.92. The molecule has 0 amide bonds. The molecule has 0 radical (unpaired) electrons. The number of nitrogens with one attached hydrogen (secondary N) is 1. The minimum atomic E-state index is 0.238. The van der Waals surface area contributed by atoms with Crippen molar-refractivity contribution in [2.24, 2.45) is 7.05 Å². The maximum atomic E-state index is 6.37. The van der Waals surface area contributed by atoms with E-state index in [0.717, 1.165) is 33.8 Å². The fourth-order valence-corrected chi connectivity index (χ4v) is 3.05. The van der Waals surface area contributed by atoms with Crippen LogP contribution in [0.1, 0.15) is 35.3 Å². The number of hydrogen-bond acceptors (Lipinski definition) is 2. The molecular weight excluding hydrogens is 350 g/mol. The average molecular weight is 371 g/mol. The van der Waals surface area contributed by atoms with Gasteiger partial charge in [0.25, 0.3) is 0 Å². The third-order valence-electron chi connectivity index (χ3n) is 3.71. The molecule has 3 nitrogen and oxygen atoms in total. The van der Waals surface area contributed by atoms with Crippen molar-refractivity contribution in [2.75, 3.05) is 6.54 Å². The fraction of sp³-hybridized carbons (Fsp3) is 0.438. The maximum Gasteiger partial charge on any atom is 0.130 e. The van der Waals surface area contributed by atoms with Gasteiger partial charge in [0.15, 0.2) is 0 Å². The third kappa shape index (κ3) is 3.68. The molecule has 1 unspecified atom stereocenters. The van der Waals surface area contributed by atoms with Gasteiger partial charge in [-0.1, -0.05) is 46.6 Å². The van der Waals surface area contributed by atoms with Gasteiger partial charge < -0.3 is 5.32 Å². The second-order valence-corrected chi connectivity index (χ2v) is 6.51. The van der Waals surface area contributed by atoms with Crippen LogP contribution in [-0.2, 0) is 13.5 Å². The fourth-order valence-electron chi connectivity index (χ4n) is 2.55. The third-order valence-corrected chi connectivity index (χ3v) is 5.08. The SMILES string of the molecule is CCNC(Cc1c(C)nn(C)c1Cl)c1ccc(Br)c(C)c1. The summed E-state index contributed by atoms with van der Waals surface area (Å²) in [6, 6.07) is 6.72. The molecule has 0 aliphatic carbocycles. The Hall–Kier alpha value is -0.840. The highest BCUT2D eigenvalue weighted by Crippen LogP contribution is 2.27. The van der Waals surface area contributed by atoms with Crippen LogP contribution in [0.3, 0.4) is 0 Å². The van der Waals surface area contributed by atoms with E-state index in [9.17, 15) is 0 Å². The number of halogens is 2. The first-order chi connectivity index (χ1) is 9.93. The monoisotopic (exact) mass is 369 g/mol. The zero-order valence-corrected chi connectivity index (χ0v) is 15.2. The maximum absolute atomic E-state index is 6.37. The minimum Gasteiger partial charge on any atom is -0.310 e. The molecule has 1 aromatic carbocycles. The lowest BCUT2D eigenvalue weighted by Crippen LogP contribution is -2.23. The zero-order valence-electron chi connectivity index (χ0n) is 12.9. The van der Waals surface area contributed by atoms with E-state index in [0.29, 0.717) is 0 Å². The highest BCUT2D eigenvalue weighted by molar-refractivity contribution is 9.10. The van der Waals surface area contributed by atoms with Gasteiger partial charge >= 0.3 is 0 Å². The molecular formula is C16H21BrClN3.